The molecule has 0 aliphatic rings. The summed E-state index contributed by atoms with van der Waals surface area (Å²) in [5, 5.41) is 2.92. The highest BCUT2D eigenvalue weighted by Gasteiger charge is 2.20. The molecule has 33 heavy (non-hydrogen) atoms. The summed E-state index contributed by atoms with van der Waals surface area (Å²) < 4.78 is 46.2. The van der Waals surface area contributed by atoms with Crippen LogP contribution in [0, 0.1) is 5.82 Å². The van der Waals surface area contributed by atoms with Crippen LogP contribution in [0.5, 0.6) is 0 Å². The second-order valence-electron chi connectivity index (χ2n) is 6.75. The normalized spacial score (nSPS) is 11.2. The summed E-state index contributed by atoms with van der Waals surface area (Å²) in [4.78, 5) is 28.8. The molecular weight excluding hydrogens is 469 g/mol. The number of hydrogen-bond acceptors (Lipinski definition) is 7. The largest absolute Gasteiger partial charge is 0.465 e. The van der Waals surface area contributed by atoms with Crippen molar-refractivity contribution >= 4 is 54.3 Å². The van der Waals surface area contributed by atoms with E-state index in [4.69, 9.17) is 4.74 Å². The van der Waals surface area contributed by atoms with Gasteiger partial charge in [0.15, 0.2) is 5.13 Å². The van der Waals surface area contributed by atoms with Gasteiger partial charge in [0.2, 0.25) is 0 Å². The zero-order valence-electron chi connectivity index (χ0n) is 17.0. The number of sulfonamides is 1. The summed E-state index contributed by atoms with van der Waals surface area (Å²) in [6.07, 6.45) is 0. The van der Waals surface area contributed by atoms with Gasteiger partial charge in [0.05, 0.1) is 39.0 Å². The van der Waals surface area contributed by atoms with Crippen LogP contribution in [0.2, 0.25) is 0 Å². The van der Waals surface area contributed by atoms with Crippen molar-refractivity contribution in [2.24, 2.45) is 0 Å². The second kappa shape index (κ2) is 8.96. The number of carbonyl (C=O) groups excluding carboxylic acids is 2. The van der Waals surface area contributed by atoms with Crippen LogP contribution >= 0.6 is 11.3 Å². The van der Waals surface area contributed by atoms with Gasteiger partial charge < -0.3 is 4.74 Å². The van der Waals surface area contributed by atoms with E-state index in [-0.39, 0.29) is 21.3 Å². The number of amides is 1. The number of rotatable bonds is 6. The van der Waals surface area contributed by atoms with Crippen molar-refractivity contribution in [2.75, 3.05) is 17.1 Å². The molecule has 11 heteroatoms. The van der Waals surface area contributed by atoms with E-state index in [1.54, 1.807) is 30.3 Å². The van der Waals surface area contributed by atoms with Crippen molar-refractivity contribution in [2.45, 2.75) is 4.90 Å². The number of para-hydroxylation sites is 1. The van der Waals surface area contributed by atoms with Crippen molar-refractivity contribution in [3.8, 4) is 0 Å². The van der Waals surface area contributed by atoms with Gasteiger partial charge in [-0.25, -0.2) is 22.6 Å². The molecule has 3 aromatic carbocycles. The van der Waals surface area contributed by atoms with Crippen molar-refractivity contribution in [3.05, 3.63) is 83.7 Å². The second-order valence-corrected chi connectivity index (χ2v) is 9.47. The molecule has 168 valence electrons. The van der Waals surface area contributed by atoms with Gasteiger partial charge in [0.25, 0.3) is 15.9 Å². The number of nitrogens with one attached hydrogen (secondary N) is 2. The minimum Gasteiger partial charge on any atom is -0.465 e. The third kappa shape index (κ3) is 4.83. The first-order valence-electron chi connectivity index (χ1n) is 9.44. The number of thiazole rings is 1. The number of ether oxygens (including phenoxy) is 1. The number of esters is 1. The lowest BCUT2D eigenvalue weighted by atomic mass is 10.2. The maximum atomic E-state index is 13.1. The van der Waals surface area contributed by atoms with Crippen LogP contribution in [0.1, 0.15) is 20.7 Å². The van der Waals surface area contributed by atoms with E-state index in [1.807, 2.05) is 0 Å². The van der Waals surface area contributed by atoms with Crippen LogP contribution in [0.4, 0.5) is 15.2 Å². The molecule has 4 aromatic rings. The van der Waals surface area contributed by atoms with Gasteiger partial charge >= 0.3 is 5.97 Å². The van der Waals surface area contributed by atoms with Gasteiger partial charge in [-0.05, 0) is 54.6 Å². The topological polar surface area (TPSA) is 114 Å². The predicted molar refractivity (Wildman–Crippen MR) is 123 cm³/mol. The molecule has 0 atom stereocenters. The Hall–Kier alpha value is -3.83. The van der Waals surface area contributed by atoms with Crippen LogP contribution in [0.3, 0.4) is 0 Å². The molecule has 2 N–H and O–H groups in total. The van der Waals surface area contributed by atoms with Crippen LogP contribution in [-0.2, 0) is 14.8 Å². The van der Waals surface area contributed by atoms with Crippen LogP contribution in [-0.4, -0.2) is 32.4 Å². The zero-order valence-corrected chi connectivity index (χ0v) is 18.7. The number of anilines is 2. The van der Waals surface area contributed by atoms with E-state index >= 15 is 0 Å². The molecule has 1 heterocycles. The highest BCUT2D eigenvalue weighted by atomic mass is 32.2. The molecule has 8 nitrogen and oxygen atoms in total. The molecule has 0 saturated carbocycles. The first-order chi connectivity index (χ1) is 15.8. The number of nitrogens with zero attached hydrogens (tertiary/aromatic N) is 1. The van der Waals surface area contributed by atoms with E-state index in [1.165, 1.54) is 19.2 Å². The molecular formula is C22H16FN3O5S2. The van der Waals surface area contributed by atoms with Gasteiger partial charge in [-0.2, -0.15) is 0 Å². The molecule has 0 radical (unpaired) electrons. The lowest BCUT2D eigenvalue weighted by Crippen LogP contribution is -2.18. The van der Waals surface area contributed by atoms with E-state index in [0.717, 1.165) is 35.6 Å². The smallest absolute Gasteiger partial charge is 0.337 e. The summed E-state index contributed by atoms with van der Waals surface area (Å²) in [5.74, 6) is -1.64. The maximum absolute atomic E-state index is 13.1. The van der Waals surface area contributed by atoms with E-state index < -0.39 is 27.7 Å². The number of halogens is 1. The number of methoxy groups -OCH3 is 1. The van der Waals surface area contributed by atoms with Gasteiger partial charge in [-0.1, -0.05) is 23.5 Å². The summed E-state index contributed by atoms with van der Waals surface area (Å²) in [6.45, 7) is 0. The van der Waals surface area contributed by atoms with Gasteiger partial charge in [0, 0.05) is 0 Å². The maximum Gasteiger partial charge on any atom is 0.337 e. The molecule has 0 fully saturated rings. The Bertz CT molecular complexity index is 1470. The Balaban J connectivity index is 1.58. The number of fused-ring (bicyclic) bond motifs is 1. The number of hydrogen-bond donors (Lipinski definition) is 2. The van der Waals surface area contributed by atoms with Gasteiger partial charge in [-0.3, -0.25) is 14.8 Å². The van der Waals surface area contributed by atoms with E-state index in [0.29, 0.717) is 15.8 Å². The van der Waals surface area contributed by atoms with Crippen LogP contribution in [0.25, 0.3) is 10.2 Å². The van der Waals surface area contributed by atoms with E-state index in [9.17, 15) is 22.4 Å². The predicted octanol–water partition coefficient (Wildman–Crippen LogP) is 4.28. The van der Waals surface area contributed by atoms with Gasteiger partial charge in [0.1, 0.15) is 5.82 Å². The molecule has 4 rings (SSSR count). The third-order valence-corrected chi connectivity index (χ3v) is 6.88. The summed E-state index contributed by atoms with van der Waals surface area (Å²) in [5.41, 5.74) is 1.05. The molecule has 0 unspecified atom stereocenters. The van der Waals surface area contributed by atoms with Crippen LogP contribution in [0.15, 0.2) is 71.6 Å². The van der Waals surface area contributed by atoms with Crippen molar-refractivity contribution in [1.29, 1.82) is 0 Å². The first-order valence-corrected chi connectivity index (χ1v) is 11.7. The Labute approximate surface area is 192 Å². The standard InChI is InChI=1S/C22H16FN3O5S2/c1-31-21(28)13-6-11-18-19(12-13)32-22(24-18)25-20(27)16-4-2-3-5-17(16)26-33(29,30)15-9-7-14(23)8-10-15/h2-12,26H,1H3,(H,24,25,27). The van der Waals surface area contributed by atoms with E-state index in [2.05, 4.69) is 15.0 Å². The molecule has 0 saturated heterocycles. The fraction of sp³-hybridized carbons (Fsp3) is 0.0455. The Morgan fingerprint density at radius 3 is 2.48 bits per heavy atom. The molecule has 1 amide bonds. The molecule has 0 bridgehead atoms. The highest BCUT2D eigenvalue weighted by Crippen LogP contribution is 2.28. The lowest BCUT2D eigenvalue weighted by Gasteiger charge is -2.12. The van der Waals surface area contributed by atoms with Gasteiger partial charge in [-0.15, -0.1) is 0 Å². The summed E-state index contributed by atoms with van der Waals surface area (Å²) in [7, 11) is -2.76. The molecule has 1 aromatic heterocycles. The minimum absolute atomic E-state index is 0.0495. The van der Waals surface area contributed by atoms with Crippen LogP contribution < -0.4 is 10.0 Å². The molecule has 0 aliphatic heterocycles. The molecule has 0 spiro atoms. The van der Waals surface area contributed by atoms with Crippen molar-refractivity contribution in [3.63, 3.8) is 0 Å². The number of carbonyl (C=O) groups is 2. The average Bonchev–Trinajstić information content (AvgIpc) is 3.20. The van der Waals surface area contributed by atoms with Crippen molar-refractivity contribution in [1.82, 2.24) is 4.98 Å². The Kier molecular flexibility index (Phi) is 6.07. The highest BCUT2D eigenvalue weighted by molar-refractivity contribution is 7.92. The first kappa shape index (κ1) is 22.4. The number of aromatic nitrogens is 1. The lowest BCUT2D eigenvalue weighted by molar-refractivity contribution is 0.0600. The average molecular weight is 486 g/mol. The Morgan fingerprint density at radius 2 is 1.76 bits per heavy atom. The fourth-order valence-electron chi connectivity index (χ4n) is 2.97. The molecule has 0 aliphatic carbocycles. The third-order valence-electron chi connectivity index (χ3n) is 4.57. The SMILES string of the molecule is COC(=O)c1ccc2nc(NC(=O)c3ccccc3NS(=O)(=O)c3ccc(F)cc3)sc2c1. The minimum atomic E-state index is -4.05. The zero-order chi connectivity index (χ0) is 23.6. The monoisotopic (exact) mass is 485 g/mol. The quantitative estimate of drug-likeness (QED) is 0.394. The fourth-order valence-corrected chi connectivity index (χ4v) is 4.95. The Morgan fingerprint density at radius 1 is 1.03 bits per heavy atom. The number of benzene rings is 3. The summed E-state index contributed by atoms with van der Waals surface area (Å²) >= 11 is 1.15. The van der Waals surface area contributed by atoms with Crippen molar-refractivity contribution < 1.29 is 27.1 Å². The summed E-state index contributed by atoms with van der Waals surface area (Å²) in [6, 6.07) is 15.2.